The van der Waals surface area contributed by atoms with Crippen LogP contribution in [0.5, 0.6) is 11.6 Å². The number of ether oxygens (including phenoxy) is 1. The number of carbonyl (C=O) groups excluding carboxylic acids is 1. The first kappa shape index (κ1) is 19.5. The van der Waals surface area contributed by atoms with Crippen LogP contribution in [0.1, 0.15) is 36.0 Å². The summed E-state index contributed by atoms with van der Waals surface area (Å²) in [5, 5.41) is 14.0. The van der Waals surface area contributed by atoms with Crippen molar-refractivity contribution in [2.45, 2.75) is 37.8 Å². The number of rotatable bonds is 5. The lowest BCUT2D eigenvalue weighted by molar-refractivity contribution is 0.0919. The summed E-state index contributed by atoms with van der Waals surface area (Å²) in [6, 6.07) is 5.86. The fourth-order valence-electron chi connectivity index (χ4n) is 3.10. The van der Waals surface area contributed by atoms with Crippen LogP contribution < -0.4 is 15.4 Å². The Morgan fingerprint density at radius 3 is 2.21 bits per heavy atom. The molecule has 1 aliphatic carbocycles. The lowest BCUT2D eigenvalue weighted by atomic mass is 9.91. The predicted molar refractivity (Wildman–Crippen MR) is 95.3 cm³/mol. The fourth-order valence-corrected chi connectivity index (χ4v) is 3.10. The van der Waals surface area contributed by atoms with E-state index < -0.39 is 23.6 Å². The quantitative estimate of drug-likeness (QED) is 0.725. The highest BCUT2D eigenvalue weighted by atomic mass is 19.1. The lowest BCUT2D eigenvalue weighted by Crippen LogP contribution is -2.43. The molecular formula is C19H19F2N3O4. The molecule has 0 aliphatic heterocycles. The zero-order valence-corrected chi connectivity index (χ0v) is 14.8. The number of nitrogens with one attached hydrogen (secondary N) is 2. The van der Waals surface area contributed by atoms with Gasteiger partial charge in [-0.2, -0.15) is 0 Å². The number of hydrogen-bond donors (Lipinski definition) is 3. The van der Waals surface area contributed by atoms with E-state index in [0.717, 1.165) is 12.3 Å². The van der Waals surface area contributed by atoms with E-state index in [-0.39, 0.29) is 29.3 Å². The molecule has 1 aromatic heterocycles. The third kappa shape index (κ3) is 5.15. The smallest absolute Gasteiger partial charge is 0.404 e. The second kappa shape index (κ2) is 8.64. The monoisotopic (exact) mass is 391 g/mol. The maximum Gasteiger partial charge on any atom is 0.404 e. The minimum Gasteiger partial charge on any atom is -0.465 e. The van der Waals surface area contributed by atoms with Crippen molar-refractivity contribution in [3.8, 4) is 11.6 Å². The molecule has 1 aliphatic rings. The molecule has 7 nitrogen and oxygen atoms in total. The number of aromatic nitrogens is 1. The van der Waals surface area contributed by atoms with Crippen molar-refractivity contribution >= 4 is 12.0 Å². The van der Waals surface area contributed by atoms with Crippen LogP contribution in [0.3, 0.4) is 0 Å². The van der Waals surface area contributed by atoms with Gasteiger partial charge in [-0.3, -0.25) is 4.79 Å². The fraction of sp³-hybridized carbons (Fsp3) is 0.316. The number of amides is 2. The van der Waals surface area contributed by atoms with Crippen molar-refractivity contribution in [1.82, 2.24) is 15.6 Å². The molecule has 2 amide bonds. The van der Waals surface area contributed by atoms with Crippen molar-refractivity contribution < 1.29 is 28.2 Å². The number of halogens is 2. The Morgan fingerprint density at radius 2 is 1.61 bits per heavy atom. The van der Waals surface area contributed by atoms with Crippen molar-refractivity contribution in [1.29, 1.82) is 0 Å². The van der Waals surface area contributed by atoms with E-state index in [1.165, 1.54) is 24.3 Å². The molecule has 1 heterocycles. The van der Waals surface area contributed by atoms with Crippen LogP contribution in [0.25, 0.3) is 0 Å². The van der Waals surface area contributed by atoms with Crippen molar-refractivity contribution in [3.05, 3.63) is 53.7 Å². The number of hydrogen-bond acceptors (Lipinski definition) is 4. The van der Waals surface area contributed by atoms with Gasteiger partial charge in [0, 0.05) is 12.1 Å². The molecule has 3 rings (SSSR count). The predicted octanol–water partition coefficient (Wildman–Crippen LogP) is 3.46. The number of pyridine rings is 1. The van der Waals surface area contributed by atoms with Gasteiger partial charge in [-0.1, -0.05) is 0 Å². The third-order valence-electron chi connectivity index (χ3n) is 4.48. The van der Waals surface area contributed by atoms with Crippen molar-refractivity contribution in [2.75, 3.05) is 0 Å². The first-order valence-corrected chi connectivity index (χ1v) is 8.80. The molecule has 1 saturated carbocycles. The van der Waals surface area contributed by atoms with E-state index in [0.29, 0.717) is 25.7 Å². The van der Waals surface area contributed by atoms with Gasteiger partial charge in [0.2, 0.25) is 5.88 Å². The molecule has 0 spiro atoms. The Kier molecular flexibility index (Phi) is 6.03. The maximum absolute atomic E-state index is 13.6. The van der Waals surface area contributed by atoms with Gasteiger partial charge in [-0.25, -0.2) is 18.6 Å². The molecule has 148 valence electrons. The van der Waals surface area contributed by atoms with Crippen LogP contribution in [-0.2, 0) is 0 Å². The van der Waals surface area contributed by atoms with E-state index >= 15 is 0 Å². The van der Waals surface area contributed by atoms with E-state index in [1.807, 2.05) is 0 Å². The molecule has 0 bridgehead atoms. The van der Waals surface area contributed by atoms with Crippen LogP contribution in [0.15, 0.2) is 36.5 Å². The van der Waals surface area contributed by atoms with E-state index in [9.17, 15) is 18.4 Å². The summed E-state index contributed by atoms with van der Waals surface area (Å²) in [4.78, 5) is 27.1. The second-order valence-electron chi connectivity index (χ2n) is 6.53. The number of carbonyl (C=O) groups is 2. The Bertz CT molecular complexity index is 853. The van der Waals surface area contributed by atoms with Crippen LogP contribution in [0, 0.1) is 11.6 Å². The average molecular weight is 391 g/mol. The third-order valence-corrected chi connectivity index (χ3v) is 4.48. The van der Waals surface area contributed by atoms with Gasteiger partial charge in [0.05, 0.1) is 6.20 Å². The molecular weight excluding hydrogens is 372 g/mol. The summed E-state index contributed by atoms with van der Waals surface area (Å²) in [6.45, 7) is 0. The van der Waals surface area contributed by atoms with Crippen molar-refractivity contribution in [2.24, 2.45) is 0 Å². The molecule has 9 heteroatoms. The Hall–Kier alpha value is -3.23. The molecule has 3 N–H and O–H groups in total. The first-order chi connectivity index (χ1) is 13.4. The number of carboxylic acid groups (broad SMARTS) is 1. The van der Waals surface area contributed by atoms with Crippen LogP contribution in [0.4, 0.5) is 13.6 Å². The normalized spacial score (nSPS) is 18.9. The lowest BCUT2D eigenvalue weighted by Gasteiger charge is -2.29. The Labute approximate surface area is 159 Å². The van der Waals surface area contributed by atoms with Gasteiger partial charge in [0.15, 0.2) is 0 Å². The molecule has 0 unspecified atom stereocenters. The highest BCUT2D eigenvalue weighted by Gasteiger charge is 2.25. The van der Waals surface area contributed by atoms with Gasteiger partial charge < -0.3 is 20.5 Å². The minimum atomic E-state index is -1.07. The first-order valence-electron chi connectivity index (χ1n) is 8.80. The highest BCUT2D eigenvalue weighted by Crippen LogP contribution is 2.25. The van der Waals surface area contributed by atoms with Gasteiger partial charge >= 0.3 is 6.09 Å². The van der Waals surface area contributed by atoms with Gasteiger partial charge in [0.1, 0.15) is 22.9 Å². The highest BCUT2D eigenvalue weighted by molar-refractivity contribution is 5.96. The summed E-state index contributed by atoms with van der Waals surface area (Å²) < 4.78 is 32.2. The van der Waals surface area contributed by atoms with Gasteiger partial charge in [-0.05, 0) is 56.0 Å². The Balaban J connectivity index is 1.67. The van der Waals surface area contributed by atoms with Gasteiger partial charge in [0.25, 0.3) is 5.91 Å². The summed E-state index contributed by atoms with van der Waals surface area (Å²) >= 11 is 0. The van der Waals surface area contributed by atoms with Crippen LogP contribution in [-0.4, -0.2) is 34.2 Å². The van der Waals surface area contributed by atoms with Gasteiger partial charge in [-0.15, -0.1) is 0 Å². The van der Waals surface area contributed by atoms with E-state index in [1.54, 1.807) is 0 Å². The largest absolute Gasteiger partial charge is 0.465 e. The zero-order valence-electron chi connectivity index (χ0n) is 14.8. The molecule has 0 radical (unpaired) electrons. The molecule has 1 fully saturated rings. The zero-order chi connectivity index (χ0) is 20.1. The SMILES string of the molecule is O=C(O)NC1CCC(NC(=O)c2cc(F)cnc2Oc2ccc(F)cc2)CC1. The second-order valence-corrected chi connectivity index (χ2v) is 6.53. The molecule has 28 heavy (non-hydrogen) atoms. The minimum absolute atomic E-state index is 0.0740. The molecule has 1 aromatic carbocycles. The van der Waals surface area contributed by atoms with Crippen molar-refractivity contribution in [3.63, 3.8) is 0 Å². The topological polar surface area (TPSA) is 101 Å². The molecule has 2 aromatic rings. The summed E-state index contributed by atoms with van der Waals surface area (Å²) in [6.07, 6.45) is 2.23. The molecule has 0 atom stereocenters. The molecule has 0 saturated heterocycles. The standard InChI is InChI=1S/C19H19F2N3O4/c20-11-1-7-15(8-2-11)28-18-16(9-12(21)10-22-18)17(25)23-13-3-5-14(6-4-13)24-19(26)27/h1-2,7-10,13-14,24H,3-6H2,(H,23,25)(H,26,27). The summed E-state index contributed by atoms with van der Waals surface area (Å²) in [7, 11) is 0. The van der Waals surface area contributed by atoms with Crippen LogP contribution in [0.2, 0.25) is 0 Å². The summed E-state index contributed by atoms with van der Waals surface area (Å²) in [5.74, 6) is -1.50. The maximum atomic E-state index is 13.6. The Morgan fingerprint density at radius 1 is 1.00 bits per heavy atom. The number of benzene rings is 1. The van der Waals surface area contributed by atoms with Crippen LogP contribution >= 0.6 is 0 Å². The number of nitrogens with zero attached hydrogens (tertiary/aromatic N) is 1. The van der Waals surface area contributed by atoms with E-state index in [4.69, 9.17) is 9.84 Å². The summed E-state index contributed by atoms with van der Waals surface area (Å²) in [5.41, 5.74) is -0.0740. The average Bonchev–Trinajstić information content (AvgIpc) is 2.66. The van der Waals surface area contributed by atoms with E-state index in [2.05, 4.69) is 15.6 Å².